The molecule has 0 heterocycles. The van der Waals surface area contributed by atoms with E-state index in [1.807, 2.05) is 0 Å². The molecule has 3 heteroatoms. The molecular weight excluding hydrogens is 394 g/mol. The summed E-state index contributed by atoms with van der Waals surface area (Å²) in [7, 11) is 0. The fraction of sp³-hybridized carbons (Fsp3) is 1.00. The number of nitrogens with two attached hydrogens (primary N) is 1. The Morgan fingerprint density at radius 2 is 0.812 bits per heavy atom. The zero-order chi connectivity index (χ0) is 23.4. The third kappa shape index (κ3) is 26.1. The molecule has 0 radical (unpaired) electrons. The number of hydrogen-bond acceptors (Lipinski definition) is 3. The Bertz CT molecular complexity index is 324. The fourth-order valence-electron chi connectivity index (χ4n) is 4.28. The summed E-state index contributed by atoms with van der Waals surface area (Å²) in [5.41, 5.74) is 5.85. The van der Waals surface area contributed by atoms with Crippen LogP contribution in [0.25, 0.3) is 0 Å². The molecule has 0 spiro atoms. The Kier molecular flexibility index (Phi) is 28.8. The summed E-state index contributed by atoms with van der Waals surface area (Å²) in [5, 5.41) is 0. The maximum atomic E-state index is 5.93. The van der Waals surface area contributed by atoms with Gasteiger partial charge in [0.25, 0.3) is 0 Å². The second-order valence-electron chi connectivity index (χ2n) is 9.87. The molecule has 1 unspecified atom stereocenters. The lowest BCUT2D eigenvalue weighted by molar-refractivity contribution is -0.0136. The Hall–Kier alpha value is -0.120. The lowest BCUT2D eigenvalue weighted by Gasteiger charge is -2.16. The first-order chi connectivity index (χ1) is 15.8. The zero-order valence-corrected chi connectivity index (χ0v) is 22.4. The lowest BCUT2D eigenvalue weighted by atomic mass is 10.1. The normalized spacial score (nSPS) is 12.5. The van der Waals surface area contributed by atoms with E-state index in [2.05, 4.69) is 13.8 Å². The number of rotatable bonds is 28. The molecule has 0 aliphatic rings. The highest BCUT2D eigenvalue weighted by Crippen LogP contribution is 2.12. The molecule has 0 fully saturated rings. The van der Waals surface area contributed by atoms with Gasteiger partial charge in [0.1, 0.15) is 0 Å². The van der Waals surface area contributed by atoms with Crippen molar-refractivity contribution < 1.29 is 9.47 Å². The van der Waals surface area contributed by atoms with Crippen LogP contribution in [0.2, 0.25) is 0 Å². The fourth-order valence-corrected chi connectivity index (χ4v) is 4.28. The van der Waals surface area contributed by atoms with Gasteiger partial charge in [0.05, 0.1) is 12.7 Å². The Morgan fingerprint density at radius 3 is 1.19 bits per heavy atom. The van der Waals surface area contributed by atoms with Crippen LogP contribution in [0, 0.1) is 0 Å². The van der Waals surface area contributed by atoms with Gasteiger partial charge in [-0.2, -0.15) is 0 Å². The molecule has 32 heavy (non-hydrogen) atoms. The van der Waals surface area contributed by atoms with Crippen molar-refractivity contribution in [2.45, 2.75) is 161 Å². The van der Waals surface area contributed by atoms with E-state index in [-0.39, 0.29) is 6.10 Å². The highest BCUT2D eigenvalue weighted by Gasteiger charge is 2.06. The molecule has 0 rings (SSSR count). The molecular formula is C29H61NO2. The van der Waals surface area contributed by atoms with Gasteiger partial charge in [-0.25, -0.2) is 0 Å². The summed E-state index contributed by atoms with van der Waals surface area (Å²) in [4.78, 5) is 0. The summed E-state index contributed by atoms with van der Waals surface area (Å²) in [6, 6.07) is 0. The molecule has 0 aliphatic heterocycles. The molecule has 0 bridgehead atoms. The van der Waals surface area contributed by atoms with Crippen molar-refractivity contribution in [3.63, 3.8) is 0 Å². The Morgan fingerprint density at radius 1 is 0.469 bits per heavy atom. The zero-order valence-electron chi connectivity index (χ0n) is 22.4. The van der Waals surface area contributed by atoms with Gasteiger partial charge in [-0.15, -0.1) is 0 Å². The molecule has 1 atom stereocenters. The van der Waals surface area contributed by atoms with Crippen molar-refractivity contribution in [1.29, 1.82) is 0 Å². The van der Waals surface area contributed by atoms with Crippen molar-refractivity contribution in [3.8, 4) is 0 Å². The average molecular weight is 456 g/mol. The molecule has 0 aromatic rings. The van der Waals surface area contributed by atoms with Gasteiger partial charge in [0.15, 0.2) is 0 Å². The standard InChI is InChI=1S/C29H61NO2/c1-3-5-7-9-11-13-15-16-17-19-21-23-25-31-28-29(27-30)32-26-24-22-20-18-14-12-10-8-6-4-2/h29H,3-28,30H2,1-2H3. The first-order valence-corrected chi connectivity index (χ1v) is 14.7. The summed E-state index contributed by atoms with van der Waals surface area (Å²) in [5.74, 6) is 0. The second-order valence-corrected chi connectivity index (χ2v) is 9.87. The molecule has 194 valence electrons. The predicted octanol–water partition coefficient (Wildman–Crippen LogP) is 8.97. The first-order valence-electron chi connectivity index (χ1n) is 14.7. The molecule has 0 aliphatic carbocycles. The van der Waals surface area contributed by atoms with Crippen molar-refractivity contribution >= 4 is 0 Å². The monoisotopic (exact) mass is 455 g/mol. The van der Waals surface area contributed by atoms with Crippen LogP contribution in [0.15, 0.2) is 0 Å². The van der Waals surface area contributed by atoms with Crippen LogP contribution in [-0.4, -0.2) is 32.5 Å². The first kappa shape index (κ1) is 31.9. The molecule has 0 aromatic carbocycles. The maximum Gasteiger partial charge on any atom is 0.0930 e. The van der Waals surface area contributed by atoms with E-state index in [1.54, 1.807) is 0 Å². The second kappa shape index (κ2) is 28.9. The van der Waals surface area contributed by atoms with E-state index >= 15 is 0 Å². The number of unbranched alkanes of at least 4 members (excludes halogenated alkanes) is 20. The minimum absolute atomic E-state index is 0.0749. The van der Waals surface area contributed by atoms with Crippen LogP contribution in [0.3, 0.4) is 0 Å². The van der Waals surface area contributed by atoms with Crippen molar-refractivity contribution in [2.24, 2.45) is 5.73 Å². The van der Waals surface area contributed by atoms with Gasteiger partial charge < -0.3 is 15.2 Å². The van der Waals surface area contributed by atoms with Crippen LogP contribution in [0.5, 0.6) is 0 Å². The summed E-state index contributed by atoms with van der Waals surface area (Å²) < 4.78 is 11.8. The highest BCUT2D eigenvalue weighted by molar-refractivity contribution is 4.58. The summed E-state index contributed by atoms with van der Waals surface area (Å²) in [6.45, 7) is 7.48. The van der Waals surface area contributed by atoms with Crippen LogP contribution >= 0.6 is 0 Å². The number of hydrogen-bond donors (Lipinski definition) is 1. The Balaban J connectivity index is 3.26. The molecule has 0 saturated carbocycles. The van der Waals surface area contributed by atoms with Crippen LogP contribution in [0.4, 0.5) is 0 Å². The smallest absolute Gasteiger partial charge is 0.0930 e. The van der Waals surface area contributed by atoms with Crippen LogP contribution in [0.1, 0.15) is 155 Å². The van der Waals surface area contributed by atoms with Gasteiger partial charge >= 0.3 is 0 Å². The van der Waals surface area contributed by atoms with Crippen LogP contribution < -0.4 is 5.73 Å². The van der Waals surface area contributed by atoms with Crippen molar-refractivity contribution in [2.75, 3.05) is 26.4 Å². The predicted molar refractivity (Wildman–Crippen MR) is 143 cm³/mol. The lowest BCUT2D eigenvalue weighted by Crippen LogP contribution is -2.29. The third-order valence-electron chi connectivity index (χ3n) is 6.56. The van der Waals surface area contributed by atoms with Gasteiger partial charge in [-0.1, -0.05) is 142 Å². The summed E-state index contributed by atoms with van der Waals surface area (Å²) in [6.07, 6.45) is 30.2. The van der Waals surface area contributed by atoms with Gasteiger partial charge in [0, 0.05) is 19.8 Å². The SMILES string of the molecule is CCCCCCCCCCCCCCOCC(CN)OCCCCCCCCCCCC. The maximum absolute atomic E-state index is 5.93. The quantitative estimate of drug-likeness (QED) is 0.120. The van der Waals surface area contributed by atoms with Gasteiger partial charge in [-0.05, 0) is 12.8 Å². The van der Waals surface area contributed by atoms with E-state index in [9.17, 15) is 0 Å². The minimum Gasteiger partial charge on any atom is -0.379 e. The molecule has 0 saturated heterocycles. The third-order valence-corrected chi connectivity index (χ3v) is 6.56. The molecule has 0 amide bonds. The highest BCUT2D eigenvalue weighted by atomic mass is 16.5. The van der Waals surface area contributed by atoms with E-state index in [4.69, 9.17) is 15.2 Å². The van der Waals surface area contributed by atoms with Crippen LogP contribution in [-0.2, 0) is 9.47 Å². The minimum atomic E-state index is 0.0749. The van der Waals surface area contributed by atoms with Crippen molar-refractivity contribution in [1.82, 2.24) is 0 Å². The average Bonchev–Trinajstić information content (AvgIpc) is 2.81. The molecule has 0 aromatic heterocycles. The topological polar surface area (TPSA) is 44.5 Å². The summed E-state index contributed by atoms with van der Waals surface area (Å²) >= 11 is 0. The molecule has 3 nitrogen and oxygen atoms in total. The largest absolute Gasteiger partial charge is 0.379 e. The number of ether oxygens (including phenoxy) is 2. The van der Waals surface area contributed by atoms with Gasteiger partial charge in [-0.3, -0.25) is 0 Å². The van der Waals surface area contributed by atoms with E-state index in [1.165, 1.54) is 135 Å². The molecule has 2 N–H and O–H groups in total. The Labute approximate surface area is 203 Å². The van der Waals surface area contributed by atoms with E-state index in [0.29, 0.717) is 13.2 Å². The van der Waals surface area contributed by atoms with E-state index in [0.717, 1.165) is 19.6 Å². The van der Waals surface area contributed by atoms with Gasteiger partial charge in [0.2, 0.25) is 0 Å². The van der Waals surface area contributed by atoms with Crippen molar-refractivity contribution in [3.05, 3.63) is 0 Å². The van der Waals surface area contributed by atoms with E-state index < -0.39 is 0 Å².